The molecule has 1 amide bonds. The summed E-state index contributed by atoms with van der Waals surface area (Å²) in [5, 5.41) is 2.79. The molecule has 5 nitrogen and oxygen atoms in total. The van der Waals surface area contributed by atoms with Gasteiger partial charge in [-0.25, -0.2) is 0 Å². The number of carbonyl (C=O) groups is 2. The molecule has 1 N–H and O–H groups in total. The number of rotatable bonds is 3. The highest BCUT2D eigenvalue weighted by atomic mass is 16.5. The van der Waals surface area contributed by atoms with E-state index in [2.05, 4.69) is 10.3 Å². The predicted molar refractivity (Wildman–Crippen MR) is 66.6 cm³/mol. The second-order valence-electron chi connectivity index (χ2n) is 5.01. The molecular formula is C13H18N2O3. The summed E-state index contributed by atoms with van der Waals surface area (Å²) in [6, 6.07) is 3.30. The highest BCUT2D eigenvalue weighted by Gasteiger charge is 2.26. The maximum Gasteiger partial charge on any atom is 0.303 e. The number of nitrogens with one attached hydrogen (secondary N) is 1. The molecule has 0 bridgehead atoms. The molecule has 0 aliphatic carbocycles. The monoisotopic (exact) mass is 250 g/mol. The van der Waals surface area contributed by atoms with Gasteiger partial charge < -0.3 is 10.1 Å². The van der Waals surface area contributed by atoms with Crippen molar-refractivity contribution in [2.75, 3.05) is 0 Å². The van der Waals surface area contributed by atoms with Crippen LogP contribution in [0.4, 0.5) is 0 Å². The lowest BCUT2D eigenvalue weighted by molar-refractivity contribution is -0.155. The van der Waals surface area contributed by atoms with Crippen molar-refractivity contribution >= 4 is 11.9 Å². The minimum Gasteiger partial charge on any atom is -0.447 e. The number of hydrogen-bond acceptors (Lipinski definition) is 4. The van der Waals surface area contributed by atoms with Gasteiger partial charge in [0.2, 0.25) is 6.10 Å². The van der Waals surface area contributed by atoms with E-state index in [1.165, 1.54) is 6.92 Å². The van der Waals surface area contributed by atoms with Crippen molar-refractivity contribution in [2.45, 2.75) is 39.3 Å². The second-order valence-corrected chi connectivity index (χ2v) is 5.01. The summed E-state index contributed by atoms with van der Waals surface area (Å²) in [6.45, 7) is 6.87. The van der Waals surface area contributed by atoms with Gasteiger partial charge in [-0.2, -0.15) is 0 Å². The Bertz CT molecular complexity index is 424. The van der Waals surface area contributed by atoms with Crippen LogP contribution in [-0.2, 0) is 14.3 Å². The lowest BCUT2D eigenvalue weighted by Gasteiger charge is -2.24. The number of ether oxygens (including phenoxy) is 1. The zero-order valence-electron chi connectivity index (χ0n) is 11.1. The van der Waals surface area contributed by atoms with Crippen LogP contribution in [0.2, 0.25) is 0 Å². The zero-order valence-corrected chi connectivity index (χ0v) is 11.1. The first-order valence-electron chi connectivity index (χ1n) is 5.69. The Balaban J connectivity index is 2.92. The quantitative estimate of drug-likeness (QED) is 0.827. The van der Waals surface area contributed by atoms with E-state index in [0.717, 1.165) is 0 Å². The smallest absolute Gasteiger partial charge is 0.303 e. The molecule has 0 aromatic carbocycles. The van der Waals surface area contributed by atoms with Crippen molar-refractivity contribution in [3.8, 4) is 0 Å². The number of nitrogens with zero attached hydrogens (tertiary/aromatic N) is 1. The van der Waals surface area contributed by atoms with Crippen LogP contribution >= 0.6 is 0 Å². The fourth-order valence-electron chi connectivity index (χ4n) is 1.41. The Hall–Kier alpha value is -1.91. The van der Waals surface area contributed by atoms with Crippen molar-refractivity contribution in [3.63, 3.8) is 0 Å². The number of aromatic nitrogens is 1. The van der Waals surface area contributed by atoms with Gasteiger partial charge >= 0.3 is 5.97 Å². The normalized spacial score (nSPS) is 12.7. The first-order valence-corrected chi connectivity index (χ1v) is 5.69. The molecule has 0 saturated carbocycles. The fraction of sp³-hybridized carbons (Fsp3) is 0.462. The summed E-state index contributed by atoms with van der Waals surface area (Å²) in [5.41, 5.74) is 0.213. The molecule has 0 radical (unpaired) electrons. The van der Waals surface area contributed by atoms with Gasteiger partial charge in [0, 0.05) is 30.4 Å². The van der Waals surface area contributed by atoms with Gasteiger partial charge in [-0.1, -0.05) is 0 Å². The van der Waals surface area contributed by atoms with Crippen LogP contribution in [0.15, 0.2) is 24.5 Å². The zero-order chi connectivity index (χ0) is 13.8. The largest absolute Gasteiger partial charge is 0.447 e. The molecule has 98 valence electrons. The van der Waals surface area contributed by atoms with E-state index < -0.39 is 12.1 Å². The maximum absolute atomic E-state index is 12.1. The molecule has 5 heteroatoms. The van der Waals surface area contributed by atoms with Gasteiger partial charge in [-0.3, -0.25) is 14.6 Å². The van der Waals surface area contributed by atoms with Crippen molar-refractivity contribution in [3.05, 3.63) is 30.1 Å². The number of carbonyl (C=O) groups excluding carboxylic acids is 2. The highest BCUT2D eigenvalue weighted by Crippen LogP contribution is 2.18. The summed E-state index contributed by atoms with van der Waals surface area (Å²) < 4.78 is 5.07. The average molecular weight is 250 g/mol. The van der Waals surface area contributed by atoms with Crippen LogP contribution in [0.3, 0.4) is 0 Å². The van der Waals surface area contributed by atoms with Crippen molar-refractivity contribution in [1.29, 1.82) is 0 Å². The first-order chi connectivity index (χ1) is 8.29. The third kappa shape index (κ3) is 4.53. The molecule has 1 unspecified atom stereocenters. The van der Waals surface area contributed by atoms with Crippen molar-refractivity contribution in [1.82, 2.24) is 10.3 Å². The molecule has 1 rings (SSSR count). The number of esters is 1. The number of pyridine rings is 1. The molecule has 1 atom stereocenters. The van der Waals surface area contributed by atoms with Crippen LogP contribution in [0.5, 0.6) is 0 Å². The third-order valence-electron chi connectivity index (χ3n) is 2.03. The third-order valence-corrected chi connectivity index (χ3v) is 2.03. The Kier molecular flexibility index (Phi) is 4.42. The number of amides is 1. The molecular weight excluding hydrogens is 232 g/mol. The Labute approximate surface area is 107 Å². The number of hydrogen-bond donors (Lipinski definition) is 1. The lowest BCUT2D eigenvalue weighted by Crippen LogP contribution is -2.44. The Morgan fingerprint density at radius 1 is 1.28 bits per heavy atom. The van der Waals surface area contributed by atoms with Crippen LogP contribution in [0.25, 0.3) is 0 Å². The van der Waals surface area contributed by atoms with Gasteiger partial charge in [0.25, 0.3) is 5.91 Å². The molecule has 1 aromatic heterocycles. The summed E-state index contributed by atoms with van der Waals surface area (Å²) in [4.78, 5) is 27.0. The highest BCUT2D eigenvalue weighted by molar-refractivity contribution is 5.85. The molecule has 0 aliphatic heterocycles. The van der Waals surface area contributed by atoms with Crippen molar-refractivity contribution < 1.29 is 14.3 Å². The van der Waals surface area contributed by atoms with E-state index in [9.17, 15) is 9.59 Å². The van der Waals surface area contributed by atoms with E-state index in [1.807, 2.05) is 20.8 Å². The van der Waals surface area contributed by atoms with E-state index >= 15 is 0 Å². The van der Waals surface area contributed by atoms with Gasteiger partial charge in [-0.05, 0) is 32.9 Å². The SMILES string of the molecule is CC(=O)OC(C(=O)NC(C)(C)C)c1ccncc1. The van der Waals surface area contributed by atoms with Gasteiger partial charge in [0.1, 0.15) is 0 Å². The molecule has 0 spiro atoms. The molecule has 1 heterocycles. The van der Waals surface area contributed by atoms with E-state index in [1.54, 1.807) is 24.5 Å². The van der Waals surface area contributed by atoms with Gasteiger partial charge in [-0.15, -0.1) is 0 Å². The molecule has 0 aliphatic rings. The van der Waals surface area contributed by atoms with Gasteiger partial charge in [0.15, 0.2) is 0 Å². The minimum absolute atomic E-state index is 0.344. The second kappa shape index (κ2) is 5.62. The summed E-state index contributed by atoms with van der Waals surface area (Å²) in [5.74, 6) is -0.843. The first kappa shape index (κ1) is 14.2. The standard InChI is InChI=1S/C13H18N2O3/c1-9(16)18-11(10-5-7-14-8-6-10)12(17)15-13(2,3)4/h5-8,11H,1-4H3,(H,15,17). The topological polar surface area (TPSA) is 68.3 Å². The molecule has 0 saturated heterocycles. The minimum atomic E-state index is -0.940. The fourth-order valence-corrected chi connectivity index (χ4v) is 1.41. The van der Waals surface area contributed by atoms with Crippen molar-refractivity contribution in [2.24, 2.45) is 0 Å². The summed E-state index contributed by atoms with van der Waals surface area (Å²) in [6.07, 6.45) is 2.16. The van der Waals surface area contributed by atoms with Crippen LogP contribution < -0.4 is 5.32 Å². The summed E-state index contributed by atoms with van der Waals surface area (Å²) in [7, 11) is 0. The summed E-state index contributed by atoms with van der Waals surface area (Å²) >= 11 is 0. The van der Waals surface area contributed by atoms with Crippen LogP contribution in [-0.4, -0.2) is 22.4 Å². The van der Waals surface area contributed by atoms with Gasteiger partial charge in [0.05, 0.1) is 0 Å². The average Bonchev–Trinajstić information content (AvgIpc) is 2.24. The Morgan fingerprint density at radius 2 is 1.83 bits per heavy atom. The molecule has 18 heavy (non-hydrogen) atoms. The lowest BCUT2D eigenvalue weighted by atomic mass is 10.1. The van der Waals surface area contributed by atoms with E-state index in [4.69, 9.17) is 4.74 Å². The van der Waals surface area contributed by atoms with E-state index in [0.29, 0.717) is 5.56 Å². The van der Waals surface area contributed by atoms with Crippen LogP contribution in [0, 0.1) is 0 Å². The predicted octanol–water partition coefficient (Wildman–Crippen LogP) is 1.60. The van der Waals surface area contributed by atoms with Crippen LogP contribution in [0.1, 0.15) is 39.4 Å². The molecule has 1 aromatic rings. The maximum atomic E-state index is 12.1. The van der Waals surface area contributed by atoms with E-state index in [-0.39, 0.29) is 11.4 Å². The molecule has 0 fully saturated rings. The Morgan fingerprint density at radius 3 is 2.28 bits per heavy atom.